The summed E-state index contributed by atoms with van der Waals surface area (Å²) in [6.45, 7) is 3.14. The summed E-state index contributed by atoms with van der Waals surface area (Å²) in [5, 5.41) is 14.1. The lowest BCUT2D eigenvalue weighted by atomic mass is 10.1. The van der Waals surface area contributed by atoms with Crippen LogP contribution in [0.25, 0.3) is 0 Å². The molecule has 202 valence electrons. The molecule has 1 N–H and O–H groups in total. The summed E-state index contributed by atoms with van der Waals surface area (Å²) in [4.78, 5) is 38.2. The van der Waals surface area contributed by atoms with Gasteiger partial charge in [-0.3, -0.25) is 24.0 Å². The van der Waals surface area contributed by atoms with Gasteiger partial charge in [0.2, 0.25) is 21.8 Å². The van der Waals surface area contributed by atoms with E-state index in [9.17, 15) is 28.1 Å². The van der Waals surface area contributed by atoms with Gasteiger partial charge < -0.3 is 19.7 Å². The first-order valence-electron chi connectivity index (χ1n) is 11.4. The predicted octanol–water partition coefficient (Wildman–Crippen LogP) is 2.32. The Hall–Kier alpha value is -3.87. The normalized spacial score (nSPS) is 11.8. The Bertz CT molecular complexity index is 1220. The molecule has 1 atom stereocenters. The molecule has 0 bridgehead atoms. The molecule has 0 saturated heterocycles. The van der Waals surface area contributed by atoms with Crippen LogP contribution in [0.5, 0.6) is 11.5 Å². The first-order valence-corrected chi connectivity index (χ1v) is 13.3. The quantitative estimate of drug-likeness (QED) is 0.303. The van der Waals surface area contributed by atoms with Crippen molar-refractivity contribution < 1.29 is 32.4 Å². The topological polar surface area (TPSA) is 148 Å². The number of methoxy groups -OCH3 is 2. The fourth-order valence-electron chi connectivity index (χ4n) is 3.49. The van der Waals surface area contributed by atoms with Crippen molar-refractivity contribution >= 4 is 33.2 Å². The zero-order valence-electron chi connectivity index (χ0n) is 21.5. The summed E-state index contributed by atoms with van der Waals surface area (Å²) in [6, 6.07) is 9.38. The highest BCUT2D eigenvalue weighted by atomic mass is 32.2. The molecular weight excluding hydrogens is 504 g/mol. The predicted molar refractivity (Wildman–Crippen MR) is 138 cm³/mol. The van der Waals surface area contributed by atoms with E-state index < -0.39 is 39.3 Å². The third kappa shape index (κ3) is 7.81. The molecular formula is C24H32N4O8S. The molecule has 12 nitrogen and oxygen atoms in total. The minimum atomic E-state index is -4.10. The largest absolute Gasteiger partial charge is 0.497 e. The van der Waals surface area contributed by atoms with Crippen LogP contribution in [0.1, 0.15) is 25.8 Å². The number of non-ortho nitro benzene ring substituents is 1. The Morgan fingerprint density at radius 2 is 1.76 bits per heavy atom. The zero-order valence-corrected chi connectivity index (χ0v) is 22.3. The van der Waals surface area contributed by atoms with Crippen molar-refractivity contribution in [3.05, 3.63) is 58.1 Å². The fourth-order valence-corrected chi connectivity index (χ4v) is 4.33. The van der Waals surface area contributed by atoms with Crippen molar-refractivity contribution in [2.45, 2.75) is 32.9 Å². The van der Waals surface area contributed by atoms with Gasteiger partial charge in [0.1, 0.15) is 29.8 Å². The van der Waals surface area contributed by atoms with E-state index >= 15 is 0 Å². The lowest BCUT2D eigenvalue weighted by Crippen LogP contribution is -2.51. The maximum Gasteiger partial charge on any atom is 0.271 e. The third-order valence-electron chi connectivity index (χ3n) is 5.55. The van der Waals surface area contributed by atoms with Gasteiger partial charge >= 0.3 is 0 Å². The number of carbonyl (C=O) groups excluding carboxylic acids is 2. The Morgan fingerprint density at radius 1 is 1.11 bits per heavy atom. The maximum atomic E-state index is 13.6. The Balaban J connectivity index is 2.49. The lowest BCUT2D eigenvalue weighted by Gasteiger charge is -2.31. The summed E-state index contributed by atoms with van der Waals surface area (Å²) in [6.07, 6.45) is 1.57. The Kier molecular flexibility index (Phi) is 10.2. The highest BCUT2D eigenvalue weighted by Crippen LogP contribution is 2.34. The summed E-state index contributed by atoms with van der Waals surface area (Å²) in [5.41, 5.74) is 0.141. The van der Waals surface area contributed by atoms with Crippen LogP contribution >= 0.6 is 0 Å². The number of anilines is 1. The number of hydrogen-bond acceptors (Lipinski definition) is 8. The van der Waals surface area contributed by atoms with E-state index in [1.54, 1.807) is 31.2 Å². The van der Waals surface area contributed by atoms with Gasteiger partial charge in [-0.15, -0.1) is 0 Å². The van der Waals surface area contributed by atoms with Gasteiger partial charge in [-0.05, 0) is 37.1 Å². The van der Waals surface area contributed by atoms with E-state index in [2.05, 4.69) is 5.32 Å². The van der Waals surface area contributed by atoms with Crippen LogP contribution in [0.15, 0.2) is 42.5 Å². The Morgan fingerprint density at radius 3 is 2.27 bits per heavy atom. The molecule has 2 aromatic rings. The second-order valence-corrected chi connectivity index (χ2v) is 10.1. The number of nitro benzene ring substituents is 1. The minimum Gasteiger partial charge on any atom is -0.497 e. The van der Waals surface area contributed by atoms with E-state index in [0.717, 1.165) is 16.6 Å². The molecule has 0 aliphatic carbocycles. The summed E-state index contributed by atoms with van der Waals surface area (Å²) >= 11 is 0. The van der Waals surface area contributed by atoms with Gasteiger partial charge in [-0.25, -0.2) is 8.42 Å². The van der Waals surface area contributed by atoms with E-state index in [0.29, 0.717) is 24.3 Å². The number of rotatable bonds is 13. The van der Waals surface area contributed by atoms with Crippen LogP contribution in [0.3, 0.4) is 0 Å². The van der Waals surface area contributed by atoms with Gasteiger partial charge in [-0.2, -0.15) is 0 Å². The molecule has 0 heterocycles. The molecule has 0 saturated carbocycles. The van der Waals surface area contributed by atoms with Crippen molar-refractivity contribution in [1.29, 1.82) is 0 Å². The molecule has 0 aliphatic heterocycles. The summed E-state index contributed by atoms with van der Waals surface area (Å²) < 4.78 is 36.6. The Labute approximate surface area is 216 Å². The highest BCUT2D eigenvalue weighted by Gasteiger charge is 2.32. The summed E-state index contributed by atoms with van der Waals surface area (Å²) in [7, 11) is -1.30. The molecule has 2 amide bonds. The molecule has 37 heavy (non-hydrogen) atoms. The maximum absolute atomic E-state index is 13.6. The van der Waals surface area contributed by atoms with Gasteiger partial charge in [-0.1, -0.05) is 19.1 Å². The van der Waals surface area contributed by atoms with Crippen LogP contribution in [0.2, 0.25) is 0 Å². The van der Waals surface area contributed by atoms with Crippen molar-refractivity contribution in [2.24, 2.45) is 0 Å². The van der Waals surface area contributed by atoms with E-state index in [-0.39, 0.29) is 23.7 Å². The molecule has 0 aromatic heterocycles. The number of sulfonamides is 1. The SMILES string of the molecule is CCCNC(=O)[C@H](C)N(Cc1ccc(OC)cc1)C(=O)CN(c1cc([N+](=O)[O-])ccc1OC)S(C)(=O)=O. The zero-order chi connectivity index (χ0) is 27.8. The number of nitrogens with zero attached hydrogens (tertiary/aromatic N) is 3. The van der Waals surface area contributed by atoms with Crippen molar-refractivity contribution in [1.82, 2.24) is 10.2 Å². The molecule has 0 spiro atoms. The van der Waals surface area contributed by atoms with E-state index in [4.69, 9.17) is 9.47 Å². The average molecular weight is 537 g/mol. The van der Waals surface area contributed by atoms with Gasteiger partial charge in [0.25, 0.3) is 5.69 Å². The van der Waals surface area contributed by atoms with Gasteiger partial charge in [0, 0.05) is 25.2 Å². The number of nitrogens with one attached hydrogen (secondary N) is 1. The number of carbonyl (C=O) groups is 2. The first-order chi connectivity index (χ1) is 17.4. The lowest BCUT2D eigenvalue weighted by molar-refractivity contribution is -0.384. The number of ether oxygens (including phenoxy) is 2. The van der Waals surface area contributed by atoms with Crippen molar-refractivity contribution in [2.75, 3.05) is 37.9 Å². The third-order valence-corrected chi connectivity index (χ3v) is 6.68. The van der Waals surface area contributed by atoms with E-state index in [1.807, 2.05) is 6.92 Å². The van der Waals surface area contributed by atoms with Crippen molar-refractivity contribution in [3.63, 3.8) is 0 Å². The number of nitro groups is 1. The standard InChI is InChI=1S/C24H32N4O8S/c1-6-13-25-24(30)17(2)26(15-18-7-10-20(35-3)11-8-18)23(29)16-27(37(5,33)34)21-14-19(28(31)32)9-12-22(21)36-4/h7-12,14,17H,6,13,15-16H2,1-5H3,(H,25,30)/t17-/m0/s1. The van der Waals surface area contributed by atoms with Gasteiger partial charge in [0.05, 0.1) is 25.4 Å². The van der Waals surface area contributed by atoms with Crippen LogP contribution in [-0.2, 0) is 26.2 Å². The smallest absolute Gasteiger partial charge is 0.271 e. The second kappa shape index (κ2) is 12.9. The summed E-state index contributed by atoms with van der Waals surface area (Å²) in [5.74, 6) is -0.452. The molecule has 2 aromatic carbocycles. The van der Waals surface area contributed by atoms with Crippen molar-refractivity contribution in [3.8, 4) is 11.5 Å². The number of benzene rings is 2. The van der Waals surface area contributed by atoms with Crippen LogP contribution in [-0.4, -0.2) is 69.7 Å². The first kappa shape index (κ1) is 29.4. The molecule has 0 radical (unpaired) electrons. The van der Waals surface area contributed by atoms with Crippen LogP contribution in [0.4, 0.5) is 11.4 Å². The van der Waals surface area contributed by atoms with Crippen LogP contribution in [0, 0.1) is 10.1 Å². The molecule has 2 rings (SSSR count). The monoisotopic (exact) mass is 536 g/mol. The number of amides is 2. The molecule has 0 aliphatic rings. The van der Waals surface area contributed by atoms with Crippen LogP contribution < -0.4 is 19.1 Å². The number of hydrogen-bond donors (Lipinski definition) is 1. The fraction of sp³-hybridized carbons (Fsp3) is 0.417. The van der Waals surface area contributed by atoms with E-state index in [1.165, 1.54) is 31.3 Å². The van der Waals surface area contributed by atoms with Gasteiger partial charge in [0.15, 0.2) is 0 Å². The average Bonchev–Trinajstić information content (AvgIpc) is 2.87. The molecule has 13 heteroatoms. The second-order valence-electron chi connectivity index (χ2n) is 8.22. The molecule has 0 unspecified atom stereocenters. The minimum absolute atomic E-state index is 0.00716. The highest BCUT2D eigenvalue weighted by molar-refractivity contribution is 7.92. The molecule has 0 fully saturated rings.